The van der Waals surface area contributed by atoms with Crippen molar-refractivity contribution in [2.45, 2.75) is 12.8 Å². The Kier molecular flexibility index (Phi) is 6.19. The number of benzene rings is 2. The highest BCUT2D eigenvalue weighted by Gasteiger charge is 2.00. The van der Waals surface area contributed by atoms with Gasteiger partial charge >= 0.3 is 5.97 Å². The van der Waals surface area contributed by atoms with E-state index in [2.05, 4.69) is 30.3 Å². The SMILES string of the molecule is O=C(O)CCOCCOCCc1cccc2ccccc12. The number of rotatable bonds is 9. The van der Waals surface area contributed by atoms with E-state index < -0.39 is 5.97 Å². The molecule has 0 saturated carbocycles. The molecule has 2 rings (SSSR count). The highest BCUT2D eigenvalue weighted by atomic mass is 16.5. The predicted molar refractivity (Wildman–Crippen MR) is 81.5 cm³/mol. The van der Waals surface area contributed by atoms with Crippen LogP contribution in [0.25, 0.3) is 10.8 Å². The molecule has 0 aliphatic carbocycles. The maximum absolute atomic E-state index is 10.3. The van der Waals surface area contributed by atoms with Crippen LogP contribution in [0.3, 0.4) is 0 Å². The maximum Gasteiger partial charge on any atom is 0.305 e. The molecule has 112 valence electrons. The first kappa shape index (κ1) is 15.5. The summed E-state index contributed by atoms with van der Waals surface area (Å²) in [7, 11) is 0. The van der Waals surface area contributed by atoms with Gasteiger partial charge in [-0.05, 0) is 22.8 Å². The molecule has 0 aromatic heterocycles. The lowest BCUT2D eigenvalue weighted by atomic mass is 10.0. The van der Waals surface area contributed by atoms with Gasteiger partial charge in [0.1, 0.15) is 0 Å². The molecule has 21 heavy (non-hydrogen) atoms. The number of carboxylic acid groups (broad SMARTS) is 1. The summed E-state index contributed by atoms with van der Waals surface area (Å²) in [5, 5.41) is 11.0. The minimum atomic E-state index is -0.841. The van der Waals surface area contributed by atoms with Gasteiger partial charge in [0.25, 0.3) is 0 Å². The van der Waals surface area contributed by atoms with E-state index in [4.69, 9.17) is 14.6 Å². The first-order chi connectivity index (χ1) is 10.3. The van der Waals surface area contributed by atoms with Crippen LogP contribution in [0.5, 0.6) is 0 Å². The van der Waals surface area contributed by atoms with Crippen molar-refractivity contribution in [3.63, 3.8) is 0 Å². The Labute approximate surface area is 124 Å². The van der Waals surface area contributed by atoms with E-state index in [-0.39, 0.29) is 13.0 Å². The van der Waals surface area contributed by atoms with Crippen molar-refractivity contribution in [3.05, 3.63) is 48.0 Å². The van der Waals surface area contributed by atoms with Crippen molar-refractivity contribution in [3.8, 4) is 0 Å². The van der Waals surface area contributed by atoms with Gasteiger partial charge in [0, 0.05) is 0 Å². The lowest BCUT2D eigenvalue weighted by molar-refractivity contribution is -0.138. The summed E-state index contributed by atoms with van der Waals surface area (Å²) in [6.07, 6.45) is 0.895. The standard InChI is InChI=1S/C17H20O4/c18-17(19)9-11-21-13-12-20-10-8-15-6-3-5-14-4-1-2-7-16(14)15/h1-7H,8-13H2,(H,18,19). The maximum atomic E-state index is 10.3. The molecule has 0 amide bonds. The van der Waals surface area contributed by atoms with E-state index in [1.807, 2.05) is 12.1 Å². The largest absolute Gasteiger partial charge is 0.481 e. The summed E-state index contributed by atoms with van der Waals surface area (Å²) in [5.41, 5.74) is 1.28. The summed E-state index contributed by atoms with van der Waals surface area (Å²) in [4.78, 5) is 10.3. The molecule has 1 N–H and O–H groups in total. The lowest BCUT2D eigenvalue weighted by Crippen LogP contribution is -2.09. The average Bonchev–Trinajstić information content (AvgIpc) is 2.50. The monoisotopic (exact) mass is 288 g/mol. The van der Waals surface area contributed by atoms with Gasteiger partial charge in [0.2, 0.25) is 0 Å². The molecule has 0 spiro atoms. The number of hydrogen-bond donors (Lipinski definition) is 1. The van der Waals surface area contributed by atoms with Crippen molar-refractivity contribution < 1.29 is 19.4 Å². The summed E-state index contributed by atoms with van der Waals surface area (Å²) < 4.78 is 10.7. The Bertz CT molecular complexity index is 575. The fraction of sp³-hybridized carbons (Fsp3) is 0.353. The third kappa shape index (κ3) is 5.17. The van der Waals surface area contributed by atoms with Gasteiger partial charge in [-0.25, -0.2) is 0 Å². The second-order valence-electron chi connectivity index (χ2n) is 4.76. The smallest absolute Gasteiger partial charge is 0.305 e. The van der Waals surface area contributed by atoms with Crippen LogP contribution >= 0.6 is 0 Å². The lowest BCUT2D eigenvalue weighted by Gasteiger charge is -2.08. The molecule has 0 aliphatic heterocycles. The van der Waals surface area contributed by atoms with Gasteiger partial charge in [-0.3, -0.25) is 4.79 Å². The molecular formula is C17H20O4. The topological polar surface area (TPSA) is 55.8 Å². The van der Waals surface area contributed by atoms with Crippen molar-refractivity contribution in [1.82, 2.24) is 0 Å². The number of aliphatic carboxylic acids is 1. The van der Waals surface area contributed by atoms with Crippen LogP contribution in [-0.4, -0.2) is 37.5 Å². The van der Waals surface area contributed by atoms with Gasteiger partial charge in [0.15, 0.2) is 0 Å². The van der Waals surface area contributed by atoms with E-state index in [1.54, 1.807) is 0 Å². The molecular weight excluding hydrogens is 268 g/mol. The van der Waals surface area contributed by atoms with E-state index in [9.17, 15) is 4.79 Å². The molecule has 0 fully saturated rings. The van der Waals surface area contributed by atoms with Crippen LogP contribution in [0.4, 0.5) is 0 Å². The van der Waals surface area contributed by atoms with Crippen LogP contribution in [0.2, 0.25) is 0 Å². The predicted octanol–water partition coefficient (Wildman–Crippen LogP) is 2.89. The highest BCUT2D eigenvalue weighted by Crippen LogP contribution is 2.18. The zero-order chi connectivity index (χ0) is 14.9. The van der Waals surface area contributed by atoms with E-state index in [1.165, 1.54) is 16.3 Å². The van der Waals surface area contributed by atoms with Gasteiger partial charge in [-0.2, -0.15) is 0 Å². The number of ether oxygens (including phenoxy) is 2. The van der Waals surface area contributed by atoms with Crippen LogP contribution < -0.4 is 0 Å². The molecule has 2 aromatic carbocycles. The van der Waals surface area contributed by atoms with Crippen LogP contribution in [0, 0.1) is 0 Å². The Hall–Kier alpha value is -1.91. The first-order valence-corrected chi connectivity index (χ1v) is 7.11. The third-order valence-corrected chi connectivity index (χ3v) is 3.23. The van der Waals surface area contributed by atoms with Crippen LogP contribution in [0.1, 0.15) is 12.0 Å². The van der Waals surface area contributed by atoms with Gasteiger partial charge < -0.3 is 14.6 Å². The van der Waals surface area contributed by atoms with Crippen molar-refractivity contribution in [1.29, 1.82) is 0 Å². The minimum absolute atomic E-state index is 0.0377. The van der Waals surface area contributed by atoms with E-state index in [0.29, 0.717) is 19.8 Å². The molecule has 0 saturated heterocycles. The van der Waals surface area contributed by atoms with E-state index in [0.717, 1.165) is 6.42 Å². The molecule has 0 atom stereocenters. The fourth-order valence-corrected chi connectivity index (χ4v) is 2.17. The number of carboxylic acids is 1. The fourth-order valence-electron chi connectivity index (χ4n) is 2.17. The second kappa shape index (κ2) is 8.39. The Morgan fingerprint density at radius 3 is 2.43 bits per heavy atom. The molecule has 0 aliphatic rings. The van der Waals surface area contributed by atoms with E-state index >= 15 is 0 Å². The Morgan fingerprint density at radius 1 is 0.905 bits per heavy atom. The molecule has 0 radical (unpaired) electrons. The van der Waals surface area contributed by atoms with Crippen molar-refractivity contribution in [2.75, 3.05) is 26.4 Å². The highest BCUT2D eigenvalue weighted by molar-refractivity contribution is 5.85. The molecule has 4 nitrogen and oxygen atoms in total. The van der Waals surface area contributed by atoms with Gasteiger partial charge in [-0.1, -0.05) is 42.5 Å². The molecule has 0 unspecified atom stereocenters. The quantitative estimate of drug-likeness (QED) is 0.721. The number of carbonyl (C=O) groups is 1. The van der Waals surface area contributed by atoms with Crippen LogP contribution in [-0.2, 0) is 20.7 Å². The molecule has 2 aromatic rings. The van der Waals surface area contributed by atoms with Crippen molar-refractivity contribution >= 4 is 16.7 Å². The third-order valence-electron chi connectivity index (χ3n) is 3.23. The number of hydrogen-bond acceptors (Lipinski definition) is 3. The van der Waals surface area contributed by atoms with Gasteiger partial charge in [0.05, 0.1) is 32.8 Å². The van der Waals surface area contributed by atoms with Crippen molar-refractivity contribution in [2.24, 2.45) is 0 Å². The normalized spacial score (nSPS) is 10.9. The second-order valence-corrected chi connectivity index (χ2v) is 4.76. The Morgan fingerprint density at radius 2 is 1.62 bits per heavy atom. The molecule has 0 bridgehead atoms. The Balaban J connectivity index is 1.67. The molecule has 4 heteroatoms. The molecule has 0 heterocycles. The minimum Gasteiger partial charge on any atom is -0.481 e. The van der Waals surface area contributed by atoms with Gasteiger partial charge in [-0.15, -0.1) is 0 Å². The summed E-state index contributed by atoms with van der Waals surface area (Å²) >= 11 is 0. The average molecular weight is 288 g/mol. The summed E-state index contributed by atoms with van der Waals surface area (Å²) in [6.45, 7) is 1.80. The summed E-state index contributed by atoms with van der Waals surface area (Å²) in [6, 6.07) is 14.6. The summed E-state index contributed by atoms with van der Waals surface area (Å²) in [5.74, 6) is -0.841. The number of fused-ring (bicyclic) bond motifs is 1. The zero-order valence-corrected chi connectivity index (χ0v) is 12.0. The first-order valence-electron chi connectivity index (χ1n) is 7.11. The van der Waals surface area contributed by atoms with Crippen LogP contribution in [0.15, 0.2) is 42.5 Å². The zero-order valence-electron chi connectivity index (χ0n) is 12.0.